The zero-order chi connectivity index (χ0) is 12.1. The van der Waals surface area contributed by atoms with E-state index < -0.39 is 0 Å². The third-order valence-corrected chi connectivity index (χ3v) is 2.80. The Hall–Kier alpha value is -0.730. The minimum Gasteiger partial charge on any atom is -0.495 e. The maximum atomic E-state index is 6.14. The van der Waals surface area contributed by atoms with Gasteiger partial charge in [-0.2, -0.15) is 0 Å². The maximum Gasteiger partial charge on any atom is 0.140 e. The van der Waals surface area contributed by atoms with Gasteiger partial charge in [0, 0.05) is 0 Å². The summed E-state index contributed by atoms with van der Waals surface area (Å²) in [6.07, 6.45) is 2.12. The number of methoxy groups -OCH3 is 1. The quantitative estimate of drug-likeness (QED) is 0.785. The van der Waals surface area contributed by atoms with E-state index in [4.69, 9.17) is 16.3 Å². The predicted molar refractivity (Wildman–Crippen MR) is 69.6 cm³/mol. The Labute approximate surface area is 103 Å². The third-order valence-electron chi connectivity index (χ3n) is 2.52. The van der Waals surface area contributed by atoms with Crippen molar-refractivity contribution in [2.24, 2.45) is 0 Å². The van der Waals surface area contributed by atoms with Gasteiger partial charge in [-0.05, 0) is 57.6 Å². The fourth-order valence-corrected chi connectivity index (χ4v) is 2.17. The zero-order valence-corrected chi connectivity index (χ0v) is 11.3. The van der Waals surface area contributed by atoms with Gasteiger partial charge in [0.05, 0.1) is 12.1 Å². The lowest BCUT2D eigenvalue weighted by molar-refractivity contribution is 0.391. The third kappa shape index (κ3) is 3.69. The van der Waals surface area contributed by atoms with E-state index >= 15 is 0 Å². The first kappa shape index (κ1) is 13.3. The molecule has 2 nitrogen and oxygen atoms in total. The van der Waals surface area contributed by atoms with Gasteiger partial charge in [-0.1, -0.05) is 17.7 Å². The standard InChI is InChI=1S/C13H20ClNO/c1-10-8-11(6-5-7-15(2)3)13(16-4)12(14)9-10/h8-9H,5-7H2,1-4H3. The molecule has 16 heavy (non-hydrogen) atoms. The smallest absolute Gasteiger partial charge is 0.140 e. The second-order valence-electron chi connectivity index (χ2n) is 4.35. The van der Waals surface area contributed by atoms with Crippen molar-refractivity contribution in [3.63, 3.8) is 0 Å². The summed E-state index contributed by atoms with van der Waals surface area (Å²) in [6, 6.07) is 4.09. The van der Waals surface area contributed by atoms with Crippen LogP contribution in [0.4, 0.5) is 0 Å². The van der Waals surface area contributed by atoms with E-state index in [1.165, 1.54) is 11.1 Å². The highest BCUT2D eigenvalue weighted by Gasteiger charge is 2.08. The second-order valence-corrected chi connectivity index (χ2v) is 4.75. The van der Waals surface area contributed by atoms with Crippen molar-refractivity contribution in [1.29, 1.82) is 0 Å². The first-order valence-corrected chi connectivity index (χ1v) is 5.90. The van der Waals surface area contributed by atoms with E-state index in [1.807, 2.05) is 6.07 Å². The van der Waals surface area contributed by atoms with Crippen LogP contribution in [0.1, 0.15) is 17.5 Å². The molecular weight excluding hydrogens is 222 g/mol. The molecule has 0 atom stereocenters. The van der Waals surface area contributed by atoms with Crippen molar-refractivity contribution >= 4 is 11.6 Å². The van der Waals surface area contributed by atoms with Crippen molar-refractivity contribution in [2.75, 3.05) is 27.7 Å². The number of hydrogen-bond acceptors (Lipinski definition) is 2. The summed E-state index contributed by atoms with van der Waals surface area (Å²) >= 11 is 6.14. The molecule has 0 N–H and O–H groups in total. The van der Waals surface area contributed by atoms with Crippen molar-refractivity contribution in [1.82, 2.24) is 4.90 Å². The van der Waals surface area contributed by atoms with Gasteiger partial charge in [0.1, 0.15) is 5.75 Å². The highest BCUT2D eigenvalue weighted by Crippen LogP contribution is 2.30. The molecule has 90 valence electrons. The zero-order valence-electron chi connectivity index (χ0n) is 10.5. The molecule has 0 saturated carbocycles. The highest BCUT2D eigenvalue weighted by molar-refractivity contribution is 6.32. The largest absolute Gasteiger partial charge is 0.495 e. The highest BCUT2D eigenvalue weighted by atomic mass is 35.5. The van der Waals surface area contributed by atoms with Gasteiger partial charge < -0.3 is 9.64 Å². The number of rotatable bonds is 5. The van der Waals surface area contributed by atoms with Crippen molar-refractivity contribution in [3.8, 4) is 5.75 Å². The minimum absolute atomic E-state index is 0.711. The number of hydrogen-bond donors (Lipinski definition) is 0. The monoisotopic (exact) mass is 241 g/mol. The molecule has 0 amide bonds. The first-order valence-electron chi connectivity index (χ1n) is 5.52. The molecule has 0 radical (unpaired) electrons. The van der Waals surface area contributed by atoms with Crippen LogP contribution < -0.4 is 4.74 Å². The van der Waals surface area contributed by atoms with Crippen LogP contribution in [0.3, 0.4) is 0 Å². The molecule has 0 aliphatic carbocycles. The van der Waals surface area contributed by atoms with Crippen LogP contribution in [0.5, 0.6) is 5.75 Å². The minimum atomic E-state index is 0.711. The lowest BCUT2D eigenvalue weighted by atomic mass is 10.1. The van der Waals surface area contributed by atoms with E-state index in [0.29, 0.717) is 5.02 Å². The molecule has 0 heterocycles. The molecule has 1 aromatic rings. The van der Waals surface area contributed by atoms with E-state index in [2.05, 4.69) is 32.0 Å². The Morgan fingerprint density at radius 1 is 1.31 bits per heavy atom. The molecule has 3 heteroatoms. The van der Waals surface area contributed by atoms with Gasteiger partial charge in [0.15, 0.2) is 0 Å². The predicted octanol–water partition coefficient (Wildman–Crippen LogP) is 3.15. The molecule has 0 fully saturated rings. The fourth-order valence-electron chi connectivity index (χ4n) is 1.80. The van der Waals surface area contributed by atoms with Crippen LogP contribution in [0.15, 0.2) is 12.1 Å². The number of halogens is 1. The Morgan fingerprint density at radius 3 is 2.56 bits per heavy atom. The van der Waals surface area contributed by atoms with Crippen LogP contribution in [0.2, 0.25) is 5.02 Å². The molecular formula is C13H20ClNO. The van der Waals surface area contributed by atoms with Gasteiger partial charge in [-0.15, -0.1) is 0 Å². The number of nitrogens with zero attached hydrogens (tertiary/aromatic N) is 1. The van der Waals surface area contributed by atoms with E-state index in [9.17, 15) is 0 Å². The lowest BCUT2D eigenvalue weighted by Crippen LogP contribution is -2.13. The summed E-state index contributed by atoms with van der Waals surface area (Å²) in [5.74, 6) is 0.825. The molecule has 0 aliphatic heterocycles. The van der Waals surface area contributed by atoms with Crippen LogP contribution >= 0.6 is 11.6 Å². The summed E-state index contributed by atoms with van der Waals surface area (Å²) in [4.78, 5) is 2.18. The molecule has 0 bridgehead atoms. The molecule has 1 aromatic carbocycles. The summed E-state index contributed by atoms with van der Waals surface area (Å²) in [6.45, 7) is 3.13. The number of benzene rings is 1. The van der Waals surface area contributed by atoms with Gasteiger partial charge in [-0.3, -0.25) is 0 Å². The second kappa shape index (κ2) is 6.12. The first-order chi connectivity index (χ1) is 7.54. The van der Waals surface area contributed by atoms with Gasteiger partial charge >= 0.3 is 0 Å². The SMILES string of the molecule is COc1c(Cl)cc(C)cc1CCCN(C)C. The summed E-state index contributed by atoms with van der Waals surface area (Å²) in [5.41, 5.74) is 2.39. The summed E-state index contributed by atoms with van der Waals surface area (Å²) in [5, 5.41) is 0.711. The van der Waals surface area contributed by atoms with Crippen LogP contribution in [0.25, 0.3) is 0 Å². The average Bonchev–Trinajstić information content (AvgIpc) is 2.16. The van der Waals surface area contributed by atoms with E-state index in [-0.39, 0.29) is 0 Å². The van der Waals surface area contributed by atoms with Crippen molar-refractivity contribution in [2.45, 2.75) is 19.8 Å². The molecule has 0 spiro atoms. The Bertz CT molecular complexity index is 350. The maximum absolute atomic E-state index is 6.14. The fraction of sp³-hybridized carbons (Fsp3) is 0.538. The number of aryl methyl sites for hydroxylation is 2. The van der Waals surface area contributed by atoms with E-state index in [0.717, 1.165) is 25.1 Å². The van der Waals surface area contributed by atoms with Gasteiger partial charge in [-0.25, -0.2) is 0 Å². The van der Waals surface area contributed by atoms with Crippen molar-refractivity contribution in [3.05, 3.63) is 28.3 Å². The Morgan fingerprint density at radius 2 is 2.00 bits per heavy atom. The average molecular weight is 242 g/mol. The normalized spacial score (nSPS) is 10.9. The van der Waals surface area contributed by atoms with Gasteiger partial charge in [0.2, 0.25) is 0 Å². The lowest BCUT2D eigenvalue weighted by Gasteiger charge is -2.13. The van der Waals surface area contributed by atoms with Gasteiger partial charge in [0.25, 0.3) is 0 Å². The molecule has 1 rings (SSSR count). The summed E-state index contributed by atoms with van der Waals surface area (Å²) in [7, 11) is 5.84. The molecule has 0 saturated heterocycles. The number of ether oxygens (including phenoxy) is 1. The molecule has 0 aromatic heterocycles. The van der Waals surface area contributed by atoms with Crippen LogP contribution in [-0.2, 0) is 6.42 Å². The summed E-state index contributed by atoms with van der Waals surface area (Å²) < 4.78 is 5.34. The van der Waals surface area contributed by atoms with Crippen LogP contribution in [0, 0.1) is 6.92 Å². The Balaban J connectivity index is 2.77. The van der Waals surface area contributed by atoms with Crippen LogP contribution in [-0.4, -0.2) is 32.6 Å². The molecule has 0 aliphatic rings. The Kier molecular flexibility index (Phi) is 5.10. The van der Waals surface area contributed by atoms with E-state index in [1.54, 1.807) is 7.11 Å². The topological polar surface area (TPSA) is 12.5 Å². The molecule has 0 unspecified atom stereocenters. The van der Waals surface area contributed by atoms with Crippen molar-refractivity contribution < 1.29 is 4.74 Å².